The predicted molar refractivity (Wildman–Crippen MR) is 303 cm³/mol. The molecule has 0 saturated carbocycles. The summed E-state index contributed by atoms with van der Waals surface area (Å²) in [5.41, 5.74) is 0. The fourth-order valence-corrected chi connectivity index (χ4v) is 9.20. The van der Waals surface area contributed by atoms with Gasteiger partial charge in [0.25, 0.3) is 0 Å². The third kappa shape index (κ3) is 41.5. The Morgan fingerprint density at radius 3 is 1.32 bits per heavy atom. The maximum absolute atomic E-state index is 13.1. The molecule has 12 nitrogen and oxygen atoms in total. The first-order valence-corrected chi connectivity index (χ1v) is 30.6. The second kappa shape index (κ2) is 51.4. The summed E-state index contributed by atoms with van der Waals surface area (Å²) in [6.07, 6.45) is 49.5. The van der Waals surface area contributed by atoms with Crippen molar-refractivity contribution in [3.63, 3.8) is 0 Å². The van der Waals surface area contributed by atoms with E-state index < -0.39 is 67.3 Å². The zero-order valence-electron chi connectivity index (χ0n) is 47.8. The number of unbranched alkanes of at least 4 members (excludes halogenated alkanes) is 30. The van der Waals surface area contributed by atoms with Crippen LogP contribution in [-0.2, 0) is 42.9 Å². The molecule has 0 radical (unpaired) electrons. The maximum atomic E-state index is 13.1. The Balaban J connectivity index is 2.66. The molecule has 3 N–H and O–H groups in total. The van der Waals surface area contributed by atoms with Gasteiger partial charge in [-0.2, -0.15) is 0 Å². The molecule has 0 aliphatic carbocycles. The van der Waals surface area contributed by atoms with Crippen LogP contribution in [0.15, 0.2) is 48.6 Å². The number of allylic oxidation sites excluding steroid dienone is 8. The van der Waals surface area contributed by atoms with E-state index in [2.05, 4.69) is 69.4 Å². The van der Waals surface area contributed by atoms with Gasteiger partial charge in [0.2, 0.25) is 0 Å². The molecular weight excluding hydrogens is 949 g/mol. The summed E-state index contributed by atoms with van der Waals surface area (Å²) in [6, 6.07) is 0. The van der Waals surface area contributed by atoms with Crippen LogP contribution in [0, 0.1) is 0 Å². The largest absolute Gasteiger partial charge is 0.479 e. The van der Waals surface area contributed by atoms with Gasteiger partial charge in [0.05, 0.1) is 6.61 Å². The molecule has 0 amide bonds. The molecule has 0 bridgehead atoms. The fraction of sp³-hybridized carbons (Fsp3) is 0.810. The van der Waals surface area contributed by atoms with E-state index in [4.69, 9.17) is 23.7 Å². The third-order valence-corrected chi connectivity index (χ3v) is 13.9. The SMILES string of the molecule is CC/C=C\C/C=C\C/C=C\CCCCCC(=O)OC1C(OCC(COC(=O)CCCCCCCCCCCCCCCCCCCCC)OC(=O)CCCCCCC/C=C\CCCCCC)OC(C(=O)O)C(O)C1O. The molecule has 434 valence electrons. The van der Waals surface area contributed by atoms with Crippen LogP contribution in [0.1, 0.15) is 278 Å². The molecule has 6 unspecified atom stereocenters. The average molecular weight is 1060 g/mol. The number of carboxylic acids is 1. The molecule has 1 aliphatic rings. The lowest BCUT2D eigenvalue weighted by atomic mass is 9.98. The Bertz CT molecular complexity index is 1490. The van der Waals surface area contributed by atoms with Crippen LogP contribution in [0.5, 0.6) is 0 Å². The van der Waals surface area contributed by atoms with Gasteiger partial charge < -0.3 is 39.0 Å². The number of hydrogen-bond acceptors (Lipinski definition) is 11. The lowest BCUT2D eigenvalue weighted by Gasteiger charge is -2.40. The van der Waals surface area contributed by atoms with Crippen LogP contribution in [-0.4, -0.2) is 89.2 Å². The zero-order chi connectivity index (χ0) is 54.7. The van der Waals surface area contributed by atoms with E-state index in [1.165, 1.54) is 122 Å². The number of ether oxygens (including phenoxy) is 5. The number of aliphatic carboxylic acids is 1. The number of aliphatic hydroxyl groups is 2. The van der Waals surface area contributed by atoms with E-state index in [-0.39, 0.29) is 25.9 Å². The molecule has 1 fully saturated rings. The molecule has 1 saturated heterocycles. The first-order valence-electron chi connectivity index (χ1n) is 30.6. The molecule has 12 heteroatoms. The molecule has 0 aromatic heterocycles. The molecule has 75 heavy (non-hydrogen) atoms. The molecule has 6 atom stereocenters. The number of carbonyl (C=O) groups excluding carboxylic acids is 3. The number of carboxylic acid groups (broad SMARTS) is 1. The van der Waals surface area contributed by atoms with Gasteiger partial charge >= 0.3 is 23.9 Å². The molecule has 0 aromatic carbocycles. The van der Waals surface area contributed by atoms with E-state index >= 15 is 0 Å². The van der Waals surface area contributed by atoms with Crippen LogP contribution < -0.4 is 0 Å². The van der Waals surface area contributed by atoms with Crippen molar-refractivity contribution in [1.29, 1.82) is 0 Å². The summed E-state index contributed by atoms with van der Waals surface area (Å²) in [5, 5.41) is 31.5. The standard InChI is InChI=1S/C63H110O12/c1-4-7-10-13-16-19-22-25-26-27-28-29-30-33-34-37-40-43-46-49-55(64)71-52-54(73-56(65)50-47-44-41-38-35-31-23-20-17-14-11-8-5-2)53-72-63-61(59(68)58(67)60(75-63)62(69)70)74-57(66)51-48-45-42-39-36-32-24-21-18-15-12-9-6-3/h9,12,18,20-21,23,32,36,54,58-61,63,67-68H,4-8,10-11,13-17,19,22,24-31,33-35,37-53H2,1-3H3,(H,69,70)/b12-9-,21-18-,23-20-,36-32-. The van der Waals surface area contributed by atoms with Crippen molar-refractivity contribution in [3.8, 4) is 0 Å². The van der Waals surface area contributed by atoms with Gasteiger partial charge in [0.15, 0.2) is 24.6 Å². The van der Waals surface area contributed by atoms with Gasteiger partial charge in [-0.05, 0) is 77.0 Å². The van der Waals surface area contributed by atoms with Crippen molar-refractivity contribution in [2.45, 2.75) is 314 Å². The van der Waals surface area contributed by atoms with Gasteiger partial charge in [-0.15, -0.1) is 0 Å². The van der Waals surface area contributed by atoms with E-state index in [1.54, 1.807) is 0 Å². The lowest BCUT2D eigenvalue weighted by molar-refractivity contribution is -0.301. The summed E-state index contributed by atoms with van der Waals surface area (Å²) in [4.78, 5) is 51.1. The number of hydrogen-bond donors (Lipinski definition) is 3. The summed E-state index contributed by atoms with van der Waals surface area (Å²) in [6.45, 7) is 5.86. The normalized spacial score (nSPS) is 18.4. The second-order valence-electron chi connectivity index (χ2n) is 21.0. The van der Waals surface area contributed by atoms with E-state index in [0.29, 0.717) is 19.3 Å². The summed E-state index contributed by atoms with van der Waals surface area (Å²) < 4.78 is 28.4. The number of carbonyl (C=O) groups is 4. The average Bonchev–Trinajstić information content (AvgIpc) is 3.39. The number of esters is 3. The van der Waals surface area contributed by atoms with Crippen LogP contribution >= 0.6 is 0 Å². The Morgan fingerprint density at radius 2 is 0.840 bits per heavy atom. The van der Waals surface area contributed by atoms with E-state index in [0.717, 1.165) is 96.3 Å². The van der Waals surface area contributed by atoms with Gasteiger partial charge in [0.1, 0.15) is 18.8 Å². The molecule has 1 rings (SSSR count). The van der Waals surface area contributed by atoms with Crippen molar-refractivity contribution < 1.29 is 58.2 Å². The van der Waals surface area contributed by atoms with Crippen molar-refractivity contribution in [3.05, 3.63) is 48.6 Å². The first-order chi connectivity index (χ1) is 36.6. The monoisotopic (exact) mass is 1060 g/mol. The molecule has 0 aromatic rings. The lowest BCUT2D eigenvalue weighted by Crippen LogP contribution is -2.61. The highest BCUT2D eigenvalue weighted by molar-refractivity contribution is 5.74. The van der Waals surface area contributed by atoms with Crippen molar-refractivity contribution in [2.24, 2.45) is 0 Å². The van der Waals surface area contributed by atoms with Gasteiger partial charge in [-0.1, -0.05) is 230 Å². The minimum Gasteiger partial charge on any atom is -0.479 e. The van der Waals surface area contributed by atoms with Crippen LogP contribution in [0.3, 0.4) is 0 Å². The highest BCUT2D eigenvalue weighted by Crippen LogP contribution is 2.26. The fourth-order valence-electron chi connectivity index (χ4n) is 9.20. The van der Waals surface area contributed by atoms with Gasteiger partial charge in [-0.25, -0.2) is 4.79 Å². The van der Waals surface area contributed by atoms with Crippen molar-refractivity contribution >= 4 is 23.9 Å². The van der Waals surface area contributed by atoms with E-state index in [1.807, 2.05) is 0 Å². The Morgan fingerprint density at radius 1 is 0.453 bits per heavy atom. The molecule has 0 spiro atoms. The van der Waals surface area contributed by atoms with Gasteiger partial charge in [0, 0.05) is 19.3 Å². The molecule has 1 heterocycles. The summed E-state index contributed by atoms with van der Waals surface area (Å²) in [7, 11) is 0. The van der Waals surface area contributed by atoms with Crippen LogP contribution in [0.2, 0.25) is 0 Å². The third-order valence-electron chi connectivity index (χ3n) is 13.9. The second-order valence-corrected chi connectivity index (χ2v) is 21.0. The van der Waals surface area contributed by atoms with Crippen LogP contribution in [0.25, 0.3) is 0 Å². The summed E-state index contributed by atoms with van der Waals surface area (Å²) in [5.74, 6) is -3.15. The first kappa shape index (κ1) is 69.7. The quantitative estimate of drug-likeness (QED) is 0.0228. The van der Waals surface area contributed by atoms with Gasteiger partial charge in [-0.3, -0.25) is 14.4 Å². The number of rotatable bonds is 52. The highest BCUT2D eigenvalue weighted by atomic mass is 16.7. The molecular formula is C63H110O12. The number of aliphatic hydroxyl groups excluding tert-OH is 2. The van der Waals surface area contributed by atoms with Crippen molar-refractivity contribution in [2.75, 3.05) is 13.2 Å². The Hall–Kier alpha value is -3.32. The predicted octanol–water partition coefficient (Wildman–Crippen LogP) is 15.8. The Labute approximate surface area is 456 Å². The smallest absolute Gasteiger partial charge is 0.335 e. The molecule has 1 aliphatic heterocycles. The summed E-state index contributed by atoms with van der Waals surface area (Å²) >= 11 is 0. The minimum atomic E-state index is -1.91. The van der Waals surface area contributed by atoms with Crippen molar-refractivity contribution in [1.82, 2.24) is 0 Å². The topological polar surface area (TPSA) is 175 Å². The zero-order valence-corrected chi connectivity index (χ0v) is 47.8. The highest BCUT2D eigenvalue weighted by Gasteiger charge is 2.50. The maximum Gasteiger partial charge on any atom is 0.335 e. The van der Waals surface area contributed by atoms with Crippen LogP contribution in [0.4, 0.5) is 0 Å². The Kier molecular flexibility index (Phi) is 47.8. The minimum absolute atomic E-state index is 0.0259. The van der Waals surface area contributed by atoms with E-state index in [9.17, 15) is 34.5 Å².